The van der Waals surface area contributed by atoms with Gasteiger partial charge in [-0.15, -0.1) is 0 Å². The minimum atomic E-state index is -0.00175. The number of nitriles is 1. The van der Waals surface area contributed by atoms with E-state index in [-0.39, 0.29) is 5.91 Å². The van der Waals surface area contributed by atoms with E-state index in [1.807, 2.05) is 17.0 Å². The number of carbonyl (C=O) groups excluding carboxylic acids is 1. The molecule has 0 spiro atoms. The summed E-state index contributed by atoms with van der Waals surface area (Å²) in [5.41, 5.74) is 2.33. The monoisotopic (exact) mass is 306 g/mol. The maximum absolute atomic E-state index is 12.6. The van der Waals surface area contributed by atoms with Crippen LogP contribution in [0.3, 0.4) is 0 Å². The van der Waals surface area contributed by atoms with E-state index in [1.54, 1.807) is 31.4 Å². The highest BCUT2D eigenvalue weighted by Gasteiger charge is 2.28. The highest BCUT2D eigenvalue weighted by Crippen LogP contribution is 2.29. The van der Waals surface area contributed by atoms with Crippen LogP contribution in [0.1, 0.15) is 33.8 Å². The maximum atomic E-state index is 12.6. The summed E-state index contributed by atoms with van der Waals surface area (Å²) >= 11 is 0. The third-order valence-electron chi connectivity index (χ3n) is 4.30. The van der Waals surface area contributed by atoms with Crippen molar-refractivity contribution in [3.63, 3.8) is 0 Å². The largest absolute Gasteiger partial charge is 0.497 e. The second kappa shape index (κ2) is 6.53. The Morgan fingerprint density at radius 1 is 1.26 bits per heavy atom. The van der Waals surface area contributed by atoms with E-state index in [4.69, 9.17) is 10.00 Å². The summed E-state index contributed by atoms with van der Waals surface area (Å²) in [5.74, 6) is 1.19. The topological polar surface area (TPSA) is 53.3 Å². The van der Waals surface area contributed by atoms with Gasteiger partial charge in [-0.1, -0.05) is 18.2 Å². The van der Waals surface area contributed by atoms with E-state index in [1.165, 1.54) is 5.56 Å². The molecule has 1 amide bonds. The van der Waals surface area contributed by atoms with E-state index in [0.717, 1.165) is 18.7 Å². The second-order valence-corrected chi connectivity index (χ2v) is 5.70. The second-order valence-electron chi connectivity index (χ2n) is 5.70. The molecule has 4 heteroatoms. The zero-order valence-corrected chi connectivity index (χ0v) is 13.0. The zero-order chi connectivity index (χ0) is 16.2. The SMILES string of the molecule is COc1ccc(C2CCN(C(=O)c3cccc(C#N)c3)C2)cc1. The van der Waals surface area contributed by atoms with Gasteiger partial charge in [0.05, 0.1) is 18.7 Å². The Kier molecular flexibility index (Phi) is 4.29. The van der Waals surface area contributed by atoms with E-state index >= 15 is 0 Å². The molecular formula is C19H18N2O2. The molecule has 0 saturated carbocycles. The third-order valence-corrected chi connectivity index (χ3v) is 4.30. The van der Waals surface area contributed by atoms with Crippen LogP contribution in [0.2, 0.25) is 0 Å². The maximum Gasteiger partial charge on any atom is 0.253 e. The lowest BCUT2D eigenvalue weighted by Crippen LogP contribution is -2.28. The molecule has 0 N–H and O–H groups in total. The smallest absolute Gasteiger partial charge is 0.253 e. The summed E-state index contributed by atoms with van der Waals surface area (Å²) in [6.07, 6.45) is 0.954. The number of likely N-dealkylation sites (tertiary alicyclic amines) is 1. The van der Waals surface area contributed by atoms with E-state index in [0.29, 0.717) is 23.6 Å². The molecule has 0 aromatic heterocycles. The molecule has 1 aliphatic rings. The van der Waals surface area contributed by atoms with Crippen LogP contribution in [0, 0.1) is 11.3 Å². The number of benzene rings is 2. The fourth-order valence-corrected chi connectivity index (χ4v) is 3.00. The predicted octanol–water partition coefficient (Wildman–Crippen LogP) is 3.20. The first-order chi connectivity index (χ1) is 11.2. The van der Waals surface area contributed by atoms with E-state index in [9.17, 15) is 4.79 Å². The van der Waals surface area contributed by atoms with Crippen molar-refractivity contribution in [2.75, 3.05) is 20.2 Å². The van der Waals surface area contributed by atoms with Gasteiger partial charge in [0.2, 0.25) is 0 Å². The van der Waals surface area contributed by atoms with Gasteiger partial charge < -0.3 is 9.64 Å². The summed E-state index contributed by atoms with van der Waals surface area (Å²) in [6, 6.07) is 17.0. The highest BCUT2D eigenvalue weighted by molar-refractivity contribution is 5.94. The number of hydrogen-bond acceptors (Lipinski definition) is 3. The van der Waals surface area contributed by atoms with Gasteiger partial charge in [-0.25, -0.2) is 0 Å². The van der Waals surface area contributed by atoms with Crippen LogP contribution in [-0.4, -0.2) is 31.0 Å². The molecule has 1 aliphatic heterocycles. The lowest BCUT2D eigenvalue weighted by atomic mass is 9.98. The Morgan fingerprint density at radius 3 is 2.74 bits per heavy atom. The van der Waals surface area contributed by atoms with Crippen molar-refractivity contribution < 1.29 is 9.53 Å². The normalized spacial score (nSPS) is 16.9. The number of methoxy groups -OCH3 is 1. The standard InChI is InChI=1S/C19H18N2O2/c1-23-18-7-5-15(6-8-18)17-9-10-21(13-17)19(22)16-4-2-3-14(11-16)12-20/h2-8,11,17H,9-10,13H2,1H3. The summed E-state index contributed by atoms with van der Waals surface area (Å²) in [4.78, 5) is 14.5. The van der Waals surface area contributed by atoms with Crippen molar-refractivity contribution in [2.45, 2.75) is 12.3 Å². The van der Waals surface area contributed by atoms with Gasteiger partial charge in [0.25, 0.3) is 5.91 Å². The van der Waals surface area contributed by atoms with Crippen molar-refractivity contribution >= 4 is 5.91 Å². The van der Waals surface area contributed by atoms with Crippen LogP contribution in [0.15, 0.2) is 48.5 Å². The van der Waals surface area contributed by atoms with Gasteiger partial charge in [-0.2, -0.15) is 5.26 Å². The number of carbonyl (C=O) groups is 1. The Morgan fingerprint density at radius 2 is 2.04 bits per heavy atom. The molecule has 1 saturated heterocycles. The van der Waals surface area contributed by atoms with E-state index in [2.05, 4.69) is 18.2 Å². The Bertz CT molecular complexity index is 747. The molecule has 0 radical (unpaired) electrons. The van der Waals surface area contributed by atoms with Crippen LogP contribution >= 0.6 is 0 Å². The van der Waals surface area contributed by atoms with Crippen LogP contribution in [0.25, 0.3) is 0 Å². The first kappa shape index (κ1) is 15.1. The molecule has 1 heterocycles. The fourth-order valence-electron chi connectivity index (χ4n) is 3.00. The van der Waals surface area contributed by atoms with Crippen molar-refractivity contribution in [1.82, 2.24) is 4.90 Å². The number of amides is 1. The molecular weight excluding hydrogens is 288 g/mol. The molecule has 1 unspecified atom stereocenters. The lowest BCUT2D eigenvalue weighted by molar-refractivity contribution is 0.0790. The molecule has 3 rings (SSSR count). The third kappa shape index (κ3) is 3.19. The van der Waals surface area contributed by atoms with Gasteiger partial charge in [-0.05, 0) is 42.3 Å². The van der Waals surface area contributed by atoms with Gasteiger partial charge >= 0.3 is 0 Å². The first-order valence-electron chi connectivity index (χ1n) is 7.64. The van der Waals surface area contributed by atoms with Crippen molar-refractivity contribution in [3.8, 4) is 11.8 Å². The summed E-state index contributed by atoms with van der Waals surface area (Å²) in [7, 11) is 1.65. The number of ether oxygens (including phenoxy) is 1. The lowest BCUT2D eigenvalue weighted by Gasteiger charge is -2.17. The molecule has 1 fully saturated rings. The average molecular weight is 306 g/mol. The summed E-state index contributed by atoms with van der Waals surface area (Å²) < 4.78 is 5.18. The summed E-state index contributed by atoms with van der Waals surface area (Å²) in [5, 5.41) is 8.96. The molecule has 4 nitrogen and oxygen atoms in total. The molecule has 1 atom stereocenters. The minimum Gasteiger partial charge on any atom is -0.497 e. The van der Waals surface area contributed by atoms with Crippen LogP contribution < -0.4 is 4.74 Å². The predicted molar refractivity (Wildman–Crippen MR) is 87.4 cm³/mol. The number of hydrogen-bond donors (Lipinski definition) is 0. The zero-order valence-electron chi connectivity index (χ0n) is 13.0. The van der Waals surface area contributed by atoms with Crippen LogP contribution in [0.5, 0.6) is 5.75 Å². The van der Waals surface area contributed by atoms with Crippen LogP contribution in [0.4, 0.5) is 0 Å². The highest BCUT2D eigenvalue weighted by atomic mass is 16.5. The Hall–Kier alpha value is -2.80. The first-order valence-corrected chi connectivity index (χ1v) is 7.64. The quantitative estimate of drug-likeness (QED) is 0.875. The number of nitrogens with zero attached hydrogens (tertiary/aromatic N) is 2. The molecule has 0 bridgehead atoms. The number of rotatable bonds is 3. The van der Waals surface area contributed by atoms with Gasteiger partial charge in [-0.3, -0.25) is 4.79 Å². The fraction of sp³-hybridized carbons (Fsp3) is 0.263. The molecule has 116 valence electrons. The van der Waals surface area contributed by atoms with E-state index < -0.39 is 0 Å². The molecule has 23 heavy (non-hydrogen) atoms. The molecule has 2 aromatic rings. The summed E-state index contributed by atoms with van der Waals surface area (Å²) in [6.45, 7) is 1.45. The molecule has 0 aliphatic carbocycles. The Labute approximate surface area is 135 Å². The molecule has 2 aromatic carbocycles. The van der Waals surface area contributed by atoms with Crippen molar-refractivity contribution in [2.24, 2.45) is 0 Å². The van der Waals surface area contributed by atoms with Crippen molar-refractivity contribution in [1.29, 1.82) is 5.26 Å². The minimum absolute atomic E-state index is 0.00175. The average Bonchev–Trinajstić information content (AvgIpc) is 3.11. The van der Waals surface area contributed by atoms with Crippen LogP contribution in [-0.2, 0) is 0 Å². The Balaban J connectivity index is 1.71. The van der Waals surface area contributed by atoms with Gasteiger partial charge in [0.15, 0.2) is 0 Å². The van der Waals surface area contributed by atoms with Crippen molar-refractivity contribution in [3.05, 3.63) is 65.2 Å². The van der Waals surface area contributed by atoms with Gasteiger partial charge in [0.1, 0.15) is 5.75 Å². The van der Waals surface area contributed by atoms with Gasteiger partial charge in [0, 0.05) is 24.6 Å².